The molecule has 5 nitrogen and oxygen atoms in total. The highest BCUT2D eigenvalue weighted by Crippen LogP contribution is 2.29. The fourth-order valence-corrected chi connectivity index (χ4v) is 2.80. The summed E-state index contributed by atoms with van der Waals surface area (Å²) in [6.07, 6.45) is 2.49. The van der Waals surface area contributed by atoms with Crippen molar-refractivity contribution in [2.24, 2.45) is 0 Å². The van der Waals surface area contributed by atoms with E-state index in [4.69, 9.17) is 5.73 Å². The van der Waals surface area contributed by atoms with Gasteiger partial charge in [-0.1, -0.05) is 55.5 Å². The number of rotatable bonds is 6. The molecule has 0 aliphatic rings. The van der Waals surface area contributed by atoms with Crippen LogP contribution in [-0.2, 0) is 13.0 Å². The number of hydrogen-bond acceptors (Lipinski definition) is 5. The summed E-state index contributed by atoms with van der Waals surface area (Å²) in [5, 5.41) is 3.35. The Bertz CT molecular complexity index is 832. The van der Waals surface area contributed by atoms with Crippen LogP contribution in [0.1, 0.15) is 18.1 Å². The summed E-state index contributed by atoms with van der Waals surface area (Å²) >= 11 is 0. The van der Waals surface area contributed by atoms with E-state index in [2.05, 4.69) is 40.4 Å². The van der Waals surface area contributed by atoms with Gasteiger partial charge >= 0.3 is 0 Å². The molecular formula is C20H23N5. The number of nitrogens with zero attached hydrogens (tertiary/aromatic N) is 3. The second kappa shape index (κ2) is 7.66. The van der Waals surface area contributed by atoms with Crippen LogP contribution in [0.25, 0.3) is 0 Å². The van der Waals surface area contributed by atoms with Crippen molar-refractivity contribution in [3.63, 3.8) is 0 Å². The van der Waals surface area contributed by atoms with E-state index >= 15 is 0 Å². The van der Waals surface area contributed by atoms with Crippen molar-refractivity contribution in [2.45, 2.75) is 19.9 Å². The number of aryl methyl sites for hydroxylation is 1. The van der Waals surface area contributed by atoms with Gasteiger partial charge in [0.2, 0.25) is 0 Å². The van der Waals surface area contributed by atoms with E-state index in [1.807, 2.05) is 48.3 Å². The van der Waals surface area contributed by atoms with Gasteiger partial charge in [-0.15, -0.1) is 0 Å². The van der Waals surface area contributed by atoms with Gasteiger partial charge in [-0.3, -0.25) is 0 Å². The van der Waals surface area contributed by atoms with Gasteiger partial charge in [-0.2, -0.15) is 0 Å². The summed E-state index contributed by atoms with van der Waals surface area (Å²) in [4.78, 5) is 10.7. The number of aromatic nitrogens is 2. The van der Waals surface area contributed by atoms with Crippen molar-refractivity contribution in [3.8, 4) is 0 Å². The molecule has 0 radical (unpaired) electrons. The second-order valence-corrected chi connectivity index (χ2v) is 5.94. The first kappa shape index (κ1) is 16.8. The van der Waals surface area contributed by atoms with Crippen molar-refractivity contribution in [3.05, 3.63) is 72.1 Å². The topological polar surface area (TPSA) is 67.1 Å². The zero-order valence-corrected chi connectivity index (χ0v) is 14.6. The monoisotopic (exact) mass is 333 g/mol. The van der Waals surface area contributed by atoms with E-state index < -0.39 is 0 Å². The summed E-state index contributed by atoms with van der Waals surface area (Å²) < 4.78 is 0. The predicted molar refractivity (Wildman–Crippen MR) is 104 cm³/mol. The van der Waals surface area contributed by atoms with Crippen LogP contribution in [0.3, 0.4) is 0 Å². The molecule has 0 aliphatic carbocycles. The maximum atomic E-state index is 6.35. The number of nitrogen functional groups attached to an aromatic ring is 1. The summed E-state index contributed by atoms with van der Waals surface area (Å²) in [5.41, 5.74) is 10.3. The Kier molecular flexibility index (Phi) is 5.14. The molecule has 0 aliphatic heterocycles. The van der Waals surface area contributed by atoms with E-state index in [0.29, 0.717) is 11.5 Å². The molecule has 128 valence electrons. The molecule has 0 atom stereocenters. The van der Waals surface area contributed by atoms with Crippen LogP contribution in [0.2, 0.25) is 0 Å². The molecule has 2 aromatic carbocycles. The predicted octanol–water partition coefficient (Wildman–Crippen LogP) is 4.00. The molecule has 1 aromatic heterocycles. The third-order valence-corrected chi connectivity index (χ3v) is 4.14. The van der Waals surface area contributed by atoms with Gasteiger partial charge in [0.25, 0.3) is 0 Å². The van der Waals surface area contributed by atoms with Gasteiger partial charge in [-0.05, 0) is 23.6 Å². The van der Waals surface area contributed by atoms with E-state index in [1.54, 1.807) is 6.33 Å². The summed E-state index contributed by atoms with van der Waals surface area (Å²) in [5.74, 6) is 1.35. The molecule has 25 heavy (non-hydrogen) atoms. The van der Waals surface area contributed by atoms with E-state index in [-0.39, 0.29) is 0 Å². The zero-order valence-electron chi connectivity index (χ0n) is 14.6. The van der Waals surface area contributed by atoms with Gasteiger partial charge in [0, 0.05) is 19.3 Å². The molecule has 0 spiro atoms. The number of anilines is 4. The molecule has 1 heterocycles. The Morgan fingerprint density at radius 2 is 1.72 bits per heavy atom. The first-order valence-corrected chi connectivity index (χ1v) is 8.39. The van der Waals surface area contributed by atoms with Gasteiger partial charge in [-0.25, -0.2) is 9.97 Å². The first-order chi connectivity index (χ1) is 12.2. The number of hydrogen-bond donors (Lipinski definition) is 2. The fourth-order valence-electron chi connectivity index (χ4n) is 2.80. The van der Waals surface area contributed by atoms with Crippen LogP contribution in [0.5, 0.6) is 0 Å². The molecule has 0 amide bonds. The lowest BCUT2D eigenvalue weighted by molar-refractivity contribution is 0.894. The molecule has 3 rings (SSSR count). The van der Waals surface area contributed by atoms with Crippen LogP contribution in [0.15, 0.2) is 60.9 Å². The number of para-hydroxylation sites is 1. The molecule has 0 saturated carbocycles. The molecule has 0 bridgehead atoms. The van der Waals surface area contributed by atoms with Crippen LogP contribution in [0.4, 0.5) is 23.0 Å². The summed E-state index contributed by atoms with van der Waals surface area (Å²) in [6, 6.07) is 18.4. The Morgan fingerprint density at radius 1 is 1.00 bits per heavy atom. The molecular weight excluding hydrogens is 310 g/mol. The maximum absolute atomic E-state index is 6.35. The molecule has 0 saturated heterocycles. The highest BCUT2D eigenvalue weighted by atomic mass is 15.2. The third kappa shape index (κ3) is 3.88. The Hall–Kier alpha value is -3.08. The van der Waals surface area contributed by atoms with Crippen LogP contribution in [0, 0.1) is 0 Å². The van der Waals surface area contributed by atoms with Gasteiger partial charge < -0.3 is 16.0 Å². The SMILES string of the molecule is CCc1ccccc1Nc1ncnc(N(C)Cc2ccccc2)c1N. The third-order valence-electron chi connectivity index (χ3n) is 4.14. The normalized spacial score (nSPS) is 10.5. The van der Waals surface area contributed by atoms with Gasteiger partial charge in [0.05, 0.1) is 0 Å². The molecule has 0 fully saturated rings. The van der Waals surface area contributed by atoms with Crippen molar-refractivity contribution < 1.29 is 0 Å². The molecule has 3 N–H and O–H groups in total. The smallest absolute Gasteiger partial charge is 0.159 e. The number of nitrogens with two attached hydrogens (primary N) is 1. The largest absolute Gasteiger partial charge is 0.393 e. The lowest BCUT2D eigenvalue weighted by Gasteiger charge is -2.21. The van der Waals surface area contributed by atoms with Crippen LogP contribution >= 0.6 is 0 Å². The summed E-state index contributed by atoms with van der Waals surface area (Å²) in [6.45, 7) is 2.86. The standard InChI is InChI=1S/C20H23N5/c1-3-16-11-7-8-12-17(16)24-19-18(21)20(23-14-22-19)25(2)13-15-9-5-4-6-10-15/h4-12,14H,3,13,21H2,1-2H3,(H,22,23,24). The second-order valence-electron chi connectivity index (χ2n) is 5.94. The van der Waals surface area contributed by atoms with Gasteiger partial charge in [0.15, 0.2) is 11.6 Å². The molecule has 5 heteroatoms. The minimum absolute atomic E-state index is 0.548. The number of nitrogens with one attached hydrogen (secondary N) is 1. The van der Waals surface area contributed by atoms with Crippen molar-refractivity contribution in [1.29, 1.82) is 0 Å². The highest BCUT2D eigenvalue weighted by Gasteiger charge is 2.13. The Labute approximate surface area is 148 Å². The van der Waals surface area contributed by atoms with Crippen molar-refractivity contribution in [1.82, 2.24) is 9.97 Å². The summed E-state index contributed by atoms with van der Waals surface area (Å²) in [7, 11) is 1.98. The maximum Gasteiger partial charge on any atom is 0.159 e. The van der Waals surface area contributed by atoms with E-state index in [9.17, 15) is 0 Å². The first-order valence-electron chi connectivity index (χ1n) is 8.39. The molecule has 0 unspecified atom stereocenters. The minimum Gasteiger partial charge on any atom is -0.393 e. The lowest BCUT2D eigenvalue weighted by atomic mass is 10.1. The fraction of sp³-hybridized carbons (Fsp3) is 0.200. The average Bonchev–Trinajstić information content (AvgIpc) is 2.64. The quantitative estimate of drug-likeness (QED) is 0.713. The zero-order chi connectivity index (χ0) is 17.6. The lowest BCUT2D eigenvalue weighted by Crippen LogP contribution is -2.20. The van der Waals surface area contributed by atoms with E-state index in [1.165, 1.54) is 11.1 Å². The van der Waals surface area contributed by atoms with Crippen LogP contribution in [-0.4, -0.2) is 17.0 Å². The van der Waals surface area contributed by atoms with Crippen molar-refractivity contribution >= 4 is 23.0 Å². The van der Waals surface area contributed by atoms with Crippen molar-refractivity contribution in [2.75, 3.05) is 23.0 Å². The average molecular weight is 333 g/mol. The molecule has 3 aromatic rings. The highest BCUT2D eigenvalue weighted by molar-refractivity contribution is 5.78. The number of benzene rings is 2. The van der Waals surface area contributed by atoms with E-state index in [0.717, 1.165) is 24.5 Å². The Balaban J connectivity index is 1.84. The Morgan fingerprint density at radius 3 is 2.48 bits per heavy atom. The van der Waals surface area contributed by atoms with Crippen LogP contribution < -0.4 is 16.0 Å². The van der Waals surface area contributed by atoms with Gasteiger partial charge in [0.1, 0.15) is 12.0 Å². The minimum atomic E-state index is 0.548.